The Morgan fingerprint density at radius 3 is 2.69 bits per heavy atom. The van der Waals surface area contributed by atoms with E-state index in [1.54, 1.807) is 19.0 Å². The van der Waals surface area contributed by atoms with Crippen LogP contribution in [0.25, 0.3) is 0 Å². The number of likely N-dealkylation sites (N-methyl/N-ethyl adjacent to an activating group) is 2. The van der Waals surface area contributed by atoms with Gasteiger partial charge < -0.3 is 10.2 Å². The molecule has 0 saturated heterocycles. The molecule has 0 aromatic heterocycles. The van der Waals surface area contributed by atoms with Gasteiger partial charge in [-0.05, 0) is 30.7 Å². The standard InChI is InChI=1S/C13H20N2O/c1-10(2)11-6-5-7-12(8-11)15(4)13(16)9-14-3/h5-8,10,14H,9H2,1-4H3. The molecule has 0 radical (unpaired) electrons. The van der Waals surface area contributed by atoms with Gasteiger partial charge in [0.25, 0.3) is 0 Å². The van der Waals surface area contributed by atoms with Gasteiger partial charge in [-0.3, -0.25) is 4.79 Å². The number of amides is 1. The van der Waals surface area contributed by atoms with Gasteiger partial charge in [0, 0.05) is 12.7 Å². The fourth-order valence-corrected chi connectivity index (χ4v) is 1.51. The minimum atomic E-state index is 0.0726. The zero-order chi connectivity index (χ0) is 12.1. The molecule has 0 unspecified atom stereocenters. The Morgan fingerprint density at radius 2 is 2.12 bits per heavy atom. The van der Waals surface area contributed by atoms with Gasteiger partial charge in [0.15, 0.2) is 0 Å². The molecule has 0 heterocycles. The van der Waals surface area contributed by atoms with Gasteiger partial charge in [-0.1, -0.05) is 26.0 Å². The Bertz CT molecular complexity index is 361. The lowest BCUT2D eigenvalue weighted by Crippen LogP contribution is -2.34. The van der Waals surface area contributed by atoms with Crippen molar-refractivity contribution in [2.45, 2.75) is 19.8 Å². The van der Waals surface area contributed by atoms with Crippen molar-refractivity contribution in [3.63, 3.8) is 0 Å². The number of carbonyl (C=O) groups excluding carboxylic acids is 1. The topological polar surface area (TPSA) is 32.3 Å². The summed E-state index contributed by atoms with van der Waals surface area (Å²) in [7, 11) is 3.58. The summed E-state index contributed by atoms with van der Waals surface area (Å²) in [5.41, 5.74) is 2.20. The third kappa shape index (κ3) is 3.07. The van der Waals surface area contributed by atoms with Crippen molar-refractivity contribution in [3.05, 3.63) is 29.8 Å². The van der Waals surface area contributed by atoms with E-state index in [-0.39, 0.29) is 5.91 Å². The molecule has 0 bridgehead atoms. The Balaban J connectivity index is 2.87. The molecule has 1 rings (SSSR count). The van der Waals surface area contributed by atoms with Crippen LogP contribution < -0.4 is 10.2 Å². The van der Waals surface area contributed by atoms with E-state index < -0.39 is 0 Å². The molecule has 0 atom stereocenters. The Labute approximate surface area is 97.5 Å². The van der Waals surface area contributed by atoms with Gasteiger partial charge in [-0.25, -0.2) is 0 Å². The molecule has 3 nitrogen and oxygen atoms in total. The van der Waals surface area contributed by atoms with E-state index in [1.165, 1.54) is 5.56 Å². The lowest BCUT2D eigenvalue weighted by molar-refractivity contribution is -0.117. The molecule has 1 N–H and O–H groups in total. The minimum absolute atomic E-state index is 0.0726. The fraction of sp³-hybridized carbons (Fsp3) is 0.462. The molecule has 0 aliphatic carbocycles. The molecule has 1 aromatic rings. The lowest BCUT2D eigenvalue weighted by atomic mass is 10.0. The van der Waals surface area contributed by atoms with Crippen LogP contribution in [-0.4, -0.2) is 26.5 Å². The van der Waals surface area contributed by atoms with Crippen molar-refractivity contribution in [3.8, 4) is 0 Å². The van der Waals surface area contributed by atoms with Crippen molar-refractivity contribution in [2.24, 2.45) is 0 Å². The first-order valence-electron chi connectivity index (χ1n) is 5.57. The first-order valence-corrected chi connectivity index (χ1v) is 5.57. The van der Waals surface area contributed by atoms with E-state index in [9.17, 15) is 4.79 Å². The second kappa shape index (κ2) is 5.66. The van der Waals surface area contributed by atoms with E-state index in [1.807, 2.05) is 12.1 Å². The quantitative estimate of drug-likeness (QED) is 0.841. The van der Waals surface area contributed by atoms with Crippen LogP contribution in [0.1, 0.15) is 25.3 Å². The third-order valence-electron chi connectivity index (χ3n) is 2.63. The summed E-state index contributed by atoms with van der Waals surface area (Å²) in [5, 5.41) is 2.86. The Morgan fingerprint density at radius 1 is 1.44 bits per heavy atom. The molecule has 88 valence electrons. The van der Waals surface area contributed by atoms with E-state index in [2.05, 4.69) is 31.3 Å². The maximum Gasteiger partial charge on any atom is 0.240 e. The summed E-state index contributed by atoms with van der Waals surface area (Å²) in [5.74, 6) is 0.552. The third-order valence-corrected chi connectivity index (χ3v) is 2.63. The summed E-state index contributed by atoms with van der Waals surface area (Å²) in [4.78, 5) is 13.4. The highest BCUT2D eigenvalue weighted by Crippen LogP contribution is 2.20. The van der Waals surface area contributed by atoms with Gasteiger partial charge in [0.1, 0.15) is 0 Å². The average Bonchev–Trinajstić information content (AvgIpc) is 2.28. The molecule has 0 aliphatic rings. The normalized spacial score (nSPS) is 10.6. The van der Waals surface area contributed by atoms with Crippen molar-refractivity contribution >= 4 is 11.6 Å². The zero-order valence-corrected chi connectivity index (χ0v) is 10.4. The fourth-order valence-electron chi connectivity index (χ4n) is 1.51. The molecule has 1 aromatic carbocycles. The minimum Gasteiger partial charge on any atom is -0.314 e. The first kappa shape index (κ1) is 12.7. The number of hydrogen-bond acceptors (Lipinski definition) is 2. The molecule has 16 heavy (non-hydrogen) atoms. The molecule has 0 spiro atoms. The largest absolute Gasteiger partial charge is 0.314 e. The molecular weight excluding hydrogens is 200 g/mol. The van der Waals surface area contributed by atoms with Crippen molar-refractivity contribution in [2.75, 3.05) is 25.5 Å². The van der Waals surface area contributed by atoms with Crippen molar-refractivity contribution < 1.29 is 4.79 Å². The van der Waals surface area contributed by atoms with E-state index in [4.69, 9.17) is 0 Å². The second-order valence-corrected chi connectivity index (χ2v) is 4.23. The summed E-state index contributed by atoms with van der Waals surface area (Å²) in [6.45, 7) is 4.66. The highest BCUT2D eigenvalue weighted by Gasteiger charge is 2.10. The van der Waals surface area contributed by atoms with Crippen LogP contribution in [0.3, 0.4) is 0 Å². The van der Waals surface area contributed by atoms with Crippen LogP contribution in [0.2, 0.25) is 0 Å². The number of nitrogens with one attached hydrogen (secondary N) is 1. The molecular formula is C13H20N2O. The SMILES string of the molecule is CNCC(=O)N(C)c1cccc(C(C)C)c1. The lowest BCUT2D eigenvalue weighted by Gasteiger charge is -2.18. The zero-order valence-electron chi connectivity index (χ0n) is 10.4. The maximum atomic E-state index is 11.7. The summed E-state index contributed by atoms with van der Waals surface area (Å²) in [6.07, 6.45) is 0. The number of benzene rings is 1. The average molecular weight is 220 g/mol. The van der Waals surface area contributed by atoms with E-state index in [0.717, 1.165) is 5.69 Å². The number of anilines is 1. The predicted octanol–water partition coefficient (Wildman–Crippen LogP) is 1.99. The van der Waals surface area contributed by atoms with Gasteiger partial charge in [0.05, 0.1) is 6.54 Å². The first-order chi connectivity index (χ1) is 7.56. The summed E-state index contributed by atoms with van der Waals surface area (Å²) in [6, 6.07) is 8.11. The monoisotopic (exact) mass is 220 g/mol. The van der Waals surface area contributed by atoms with E-state index >= 15 is 0 Å². The smallest absolute Gasteiger partial charge is 0.240 e. The van der Waals surface area contributed by atoms with Gasteiger partial charge >= 0.3 is 0 Å². The second-order valence-electron chi connectivity index (χ2n) is 4.23. The van der Waals surface area contributed by atoms with Crippen molar-refractivity contribution in [1.29, 1.82) is 0 Å². The molecule has 0 fully saturated rings. The van der Waals surface area contributed by atoms with Gasteiger partial charge in [-0.2, -0.15) is 0 Å². The molecule has 0 aliphatic heterocycles. The van der Waals surface area contributed by atoms with Gasteiger partial charge in [0.2, 0.25) is 5.91 Å². The Kier molecular flexibility index (Phi) is 4.50. The maximum absolute atomic E-state index is 11.7. The van der Waals surface area contributed by atoms with Crippen LogP contribution >= 0.6 is 0 Å². The molecule has 0 saturated carbocycles. The van der Waals surface area contributed by atoms with Crippen LogP contribution in [0, 0.1) is 0 Å². The molecule has 1 amide bonds. The van der Waals surface area contributed by atoms with Crippen LogP contribution in [0.5, 0.6) is 0 Å². The number of carbonyl (C=O) groups is 1. The number of rotatable bonds is 4. The van der Waals surface area contributed by atoms with Gasteiger partial charge in [-0.15, -0.1) is 0 Å². The Hall–Kier alpha value is -1.35. The van der Waals surface area contributed by atoms with Crippen LogP contribution in [0.4, 0.5) is 5.69 Å². The molecule has 3 heteroatoms. The highest BCUT2D eigenvalue weighted by molar-refractivity contribution is 5.94. The number of hydrogen-bond donors (Lipinski definition) is 1. The van der Waals surface area contributed by atoms with E-state index in [0.29, 0.717) is 12.5 Å². The predicted molar refractivity (Wildman–Crippen MR) is 67.9 cm³/mol. The summed E-state index contributed by atoms with van der Waals surface area (Å²) >= 11 is 0. The van der Waals surface area contributed by atoms with Crippen molar-refractivity contribution in [1.82, 2.24) is 5.32 Å². The number of nitrogens with zero attached hydrogens (tertiary/aromatic N) is 1. The van der Waals surface area contributed by atoms with Crippen LogP contribution in [0.15, 0.2) is 24.3 Å². The summed E-state index contributed by atoms with van der Waals surface area (Å²) < 4.78 is 0. The van der Waals surface area contributed by atoms with Crippen LogP contribution in [-0.2, 0) is 4.79 Å². The highest BCUT2D eigenvalue weighted by atomic mass is 16.2.